The monoisotopic (exact) mass is 572 g/mol. The van der Waals surface area contributed by atoms with Crippen LogP contribution in [0.5, 0.6) is 0 Å². The lowest BCUT2D eigenvalue weighted by atomic mass is 10.1. The Morgan fingerprint density at radius 3 is 2.63 bits per heavy atom. The number of hydrogen-bond acceptors (Lipinski definition) is 7. The van der Waals surface area contributed by atoms with Gasteiger partial charge in [-0.3, -0.25) is 14.5 Å². The highest BCUT2D eigenvalue weighted by molar-refractivity contribution is 7.20. The summed E-state index contributed by atoms with van der Waals surface area (Å²) in [5.41, 5.74) is 3.75. The number of fused-ring (bicyclic) bond motifs is 1. The average molecular weight is 573 g/mol. The summed E-state index contributed by atoms with van der Waals surface area (Å²) in [5.74, 6) is -1.01. The van der Waals surface area contributed by atoms with Gasteiger partial charge >= 0.3 is 0 Å². The van der Waals surface area contributed by atoms with E-state index in [1.165, 1.54) is 17.4 Å². The van der Waals surface area contributed by atoms with E-state index in [-0.39, 0.29) is 28.5 Å². The van der Waals surface area contributed by atoms with E-state index in [1.807, 2.05) is 44.2 Å². The Labute approximate surface area is 242 Å². The molecule has 1 aliphatic heterocycles. The normalized spacial score (nSPS) is 14.9. The molecule has 2 aromatic heterocycles. The Morgan fingerprint density at radius 1 is 1.10 bits per heavy atom. The molecular weight excluding hydrogens is 539 g/mol. The number of H-pyrrole nitrogens is 1. The first-order valence-electron chi connectivity index (χ1n) is 13.3. The second-order valence-electron chi connectivity index (χ2n) is 10.6. The van der Waals surface area contributed by atoms with Gasteiger partial charge in [0, 0.05) is 48.3 Å². The molecule has 8 nitrogen and oxygen atoms in total. The molecule has 0 bridgehead atoms. The maximum Gasteiger partial charge on any atom is 0.287 e. The topological polar surface area (TPSA) is 93.4 Å². The van der Waals surface area contributed by atoms with E-state index in [4.69, 9.17) is 0 Å². The zero-order valence-corrected chi connectivity index (χ0v) is 24.6. The van der Waals surface area contributed by atoms with Crippen LogP contribution in [0, 0.1) is 12.7 Å². The Morgan fingerprint density at radius 2 is 1.88 bits per heavy atom. The van der Waals surface area contributed by atoms with Gasteiger partial charge in [-0.1, -0.05) is 29.8 Å². The molecule has 0 radical (unpaired) electrons. The number of carbonyl (C=O) groups excluding carboxylic acids is 1. The number of halogens is 1. The number of hydrogen-bond donors (Lipinski definition) is 3. The summed E-state index contributed by atoms with van der Waals surface area (Å²) in [6, 6.07) is 14.4. The smallest absolute Gasteiger partial charge is 0.287 e. The highest BCUT2D eigenvalue weighted by atomic mass is 32.1. The SMILES string of the molecule is CC(C)=C(/C=C1/CN(C)CCN1C)Nc1cc(-c2ccc(C)c(NC(=O)c3cc4ccccc4s3)c2F)n[nH]c1=O. The van der Waals surface area contributed by atoms with Crippen molar-refractivity contribution in [1.82, 2.24) is 20.0 Å². The summed E-state index contributed by atoms with van der Waals surface area (Å²) in [6.45, 7) is 8.34. The predicted molar refractivity (Wildman–Crippen MR) is 165 cm³/mol. The summed E-state index contributed by atoms with van der Waals surface area (Å²) in [4.78, 5) is 30.8. The molecule has 3 heterocycles. The molecule has 5 rings (SSSR count). The van der Waals surface area contributed by atoms with Crippen LogP contribution in [0.25, 0.3) is 21.3 Å². The van der Waals surface area contributed by atoms with Gasteiger partial charge in [0.05, 0.1) is 16.3 Å². The molecule has 0 saturated carbocycles. The number of piperazine rings is 1. The summed E-state index contributed by atoms with van der Waals surface area (Å²) < 4.78 is 16.9. The fourth-order valence-corrected chi connectivity index (χ4v) is 5.60. The third-order valence-corrected chi connectivity index (χ3v) is 8.29. The molecule has 1 fully saturated rings. The van der Waals surface area contributed by atoms with E-state index in [9.17, 15) is 9.59 Å². The van der Waals surface area contributed by atoms with Crippen molar-refractivity contribution in [3.63, 3.8) is 0 Å². The molecule has 212 valence electrons. The maximum atomic E-state index is 15.9. The molecule has 2 aromatic carbocycles. The highest BCUT2D eigenvalue weighted by Gasteiger charge is 2.20. The molecule has 1 aliphatic rings. The van der Waals surface area contributed by atoms with Crippen molar-refractivity contribution >= 4 is 38.7 Å². The Kier molecular flexibility index (Phi) is 8.05. The maximum absolute atomic E-state index is 15.9. The number of rotatable bonds is 6. The zero-order chi connectivity index (χ0) is 29.3. The van der Waals surface area contributed by atoms with E-state index in [0.29, 0.717) is 10.4 Å². The van der Waals surface area contributed by atoms with E-state index in [2.05, 4.69) is 44.7 Å². The molecule has 4 aromatic rings. The first-order valence-corrected chi connectivity index (χ1v) is 14.2. The van der Waals surface area contributed by atoms with Crippen molar-refractivity contribution in [2.75, 3.05) is 44.4 Å². The van der Waals surface area contributed by atoms with Gasteiger partial charge in [-0.05, 0) is 69.1 Å². The van der Waals surface area contributed by atoms with E-state index in [0.717, 1.165) is 46.7 Å². The molecule has 10 heteroatoms. The van der Waals surface area contributed by atoms with E-state index in [1.54, 1.807) is 25.1 Å². The third-order valence-electron chi connectivity index (χ3n) is 7.18. The van der Waals surface area contributed by atoms with Gasteiger partial charge in [0.15, 0.2) is 5.82 Å². The quantitative estimate of drug-likeness (QED) is 0.270. The van der Waals surface area contributed by atoms with Crippen LogP contribution in [0.2, 0.25) is 0 Å². The molecular formula is C31H33FN6O2S. The largest absolute Gasteiger partial charge is 0.375 e. The minimum absolute atomic E-state index is 0.0756. The zero-order valence-electron chi connectivity index (χ0n) is 23.8. The van der Waals surface area contributed by atoms with Gasteiger partial charge in [-0.25, -0.2) is 9.49 Å². The van der Waals surface area contributed by atoms with Crippen molar-refractivity contribution in [3.8, 4) is 11.3 Å². The van der Waals surface area contributed by atoms with Crippen LogP contribution in [0.15, 0.2) is 76.4 Å². The predicted octanol–water partition coefficient (Wildman–Crippen LogP) is 5.82. The second kappa shape index (κ2) is 11.7. The number of nitrogens with one attached hydrogen (secondary N) is 3. The number of aryl methyl sites for hydroxylation is 1. The average Bonchev–Trinajstić information content (AvgIpc) is 3.38. The second-order valence-corrected chi connectivity index (χ2v) is 11.6. The van der Waals surface area contributed by atoms with Crippen LogP contribution < -0.4 is 16.2 Å². The van der Waals surface area contributed by atoms with E-state index >= 15 is 4.39 Å². The number of benzene rings is 2. The van der Waals surface area contributed by atoms with Gasteiger partial charge in [0.1, 0.15) is 5.69 Å². The molecule has 0 atom stereocenters. The minimum Gasteiger partial charge on any atom is -0.375 e. The summed E-state index contributed by atoms with van der Waals surface area (Å²) in [6.07, 6.45) is 2.04. The van der Waals surface area contributed by atoms with Crippen LogP contribution in [-0.4, -0.2) is 59.6 Å². The fourth-order valence-electron chi connectivity index (χ4n) is 4.64. The third kappa shape index (κ3) is 6.08. The number of aromatic nitrogens is 2. The van der Waals surface area contributed by atoms with Crippen molar-refractivity contribution in [2.24, 2.45) is 0 Å². The number of allylic oxidation sites excluding steroid dienone is 2. The Bertz CT molecular complexity index is 1720. The van der Waals surface area contributed by atoms with Gasteiger partial charge in [-0.15, -0.1) is 11.3 Å². The number of nitrogens with zero attached hydrogens (tertiary/aromatic N) is 3. The lowest BCUT2D eigenvalue weighted by Gasteiger charge is -2.34. The minimum atomic E-state index is -0.624. The number of amides is 1. The van der Waals surface area contributed by atoms with Crippen molar-refractivity contribution in [3.05, 3.63) is 98.2 Å². The van der Waals surface area contributed by atoms with Crippen molar-refractivity contribution < 1.29 is 9.18 Å². The number of likely N-dealkylation sites (N-methyl/N-ethyl adjacent to an activating group) is 2. The first-order chi connectivity index (χ1) is 19.6. The number of carbonyl (C=O) groups is 1. The molecule has 3 N–H and O–H groups in total. The summed E-state index contributed by atoms with van der Waals surface area (Å²) in [7, 11) is 4.13. The number of anilines is 2. The molecule has 1 saturated heterocycles. The summed E-state index contributed by atoms with van der Waals surface area (Å²) in [5, 5.41) is 13.6. The van der Waals surface area contributed by atoms with Crippen LogP contribution >= 0.6 is 11.3 Å². The Balaban J connectivity index is 1.45. The van der Waals surface area contributed by atoms with Gasteiger partial charge in [-0.2, -0.15) is 5.10 Å². The van der Waals surface area contributed by atoms with Crippen LogP contribution in [0.1, 0.15) is 29.1 Å². The van der Waals surface area contributed by atoms with Crippen LogP contribution in [0.4, 0.5) is 15.8 Å². The highest BCUT2D eigenvalue weighted by Crippen LogP contribution is 2.32. The number of thiophene rings is 1. The van der Waals surface area contributed by atoms with Crippen LogP contribution in [-0.2, 0) is 0 Å². The van der Waals surface area contributed by atoms with Crippen LogP contribution in [0.3, 0.4) is 0 Å². The van der Waals surface area contributed by atoms with E-state index < -0.39 is 11.4 Å². The molecule has 0 aliphatic carbocycles. The van der Waals surface area contributed by atoms with Gasteiger partial charge in [0.25, 0.3) is 11.5 Å². The summed E-state index contributed by atoms with van der Waals surface area (Å²) >= 11 is 1.35. The van der Waals surface area contributed by atoms with Gasteiger partial charge < -0.3 is 15.5 Å². The molecule has 41 heavy (non-hydrogen) atoms. The van der Waals surface area contributed by atoms with Crippen molar-refractivity contribution in [2.45, 2.75) is 20.8 Å². The molecule has 0 spiro atoms. The molecule has 1 amide bonds. The molecule has 0 unspecified atom stereocenters. The first kappa shape index (κ1) is 28.3. The Hall–Kier alpha value is -4.28. The fraction of sp³-hybridized carbons (Fsp3) is 0.258. The standard InChI is InChI=1S/C31H33FN6O2S/c1-18(2)23(15-21-17-37(4)12-13-38(21)5)33-25-16-24(35-36-30(25)39)22-11-10-19(3)29(28(22)32)34-31(40)27-14-20-8-6-7-9-26(20)41-27/h6-11,14-16H,12-13,17H2,1-5H3,(H,33,35)(H,34,40)(H,36,39)/b21-15-. The van der Waals surface area contributed by atoms with Gasteiger partial charge in [0.2, 0.25) is 0 Å². The lowest BCUT2D eigenvalue weighted by molar-refractivity contribution is 0.103. The lowest BCUT2D eigenvalue weighted by Crippen LogP contribution is -2.40. The van der Waals surface area contributed by atoms with Crippen molar-refractivity contribution in [1.29, 1.82) is 0 Å². The number of aromatic amines is 1.